The summed E-state index contributed by atoms with van der Waals surface area (Å²) in [5.74, 6) is -3.12. The van der Waals surface area contributed by atoms with Crippen LogP contribution in [0, 0.1) is 11.6 Å². The van der Waals surface area contributed by atoms with Gasteiger partial charge in [-0.2, -0.15) is 5.10 Å². The van der Waals surface area contributed by atoms with Gasteiger partial charge in [0.2, 0.25) is 15.8 Å². The molecule has 0 bridgehead atoms. The Bertz CT molecular complexity index is 1560. The number of methoxy groups -OCH3 is 1. The van der Waals surface area contributed by atoms with E-state index < -0.39 is 38.7 Å². The molecule has 4 aromatic rings. The molecule has 35 heavy (non-hydrogen) atoms. The first kappa shape index (κ1) is 24.6. The summed E-state index contributed by atoms with van der Waals surface area (Å²) in [5.41, 5.74) is -0.203. The van der Waals surface area contributed by atoms with Gasteiger partial charge in [0.15, 0.2) is 11.5 Å². The van der Waals surface area contributed by atoms with Crippen LogP contribution in [0.4, 0.5) is 14.5 Å². The normalized spacial score (nSPS) is 11.6. The molecule has 182 valence electrons. The number of anilines is 1. The minimum absolute atomic E-state index is 0.105. The third-order valence-corrected chi connectivity index (χ3v) is 6.96. The molecule has 0 radical (unpaired) electrons. The number of fused-ring (bicyclic) bond motifs is 1. The number of ketones is 1. The smallest absolute Gasteiger partial charge is 0.232 e. The van der Waals surface area contributed by atoms with Gasteiger partial charge in [0.05, 0.1) is 28.8 Å². The molecule has 4 rings (SSSR count). The first-order valence-electron chi connectivity index (χ1n) is 10.4. The second kappa shape index (κ2) is 9.59. The molecule has 0 aliphatic rings. The number of carbonyl (C=O) groups excluding carboxylic acids is 1. The Morgan fingerprint density at radius 2 is 1.97 bits per heavy atom. The number of sulfonamides is 1. The predicted octanol–water partition coefficient (Wildman–Crippen LogP) is 4.95. The van der Waals surface area contributed by atoms with Gasteiger partial charge in [0, 0.05) is 17.3 Å². The Morgan fingerprint density at radius 3 is 2.66 bits per heavy atom. The second-order valence-corrected chi connectivity index (χ2v) is 9.82. The molecular weight excluding hydrogens is 502 g/mol. The van der Waals surface area contributed by atoms with E-state index in [4.69, 9.17) is 16.3 Å². The fraction of sp³-hybridized carbons (Fsp3) is 0.174. The topological polar surface area (TPSA) is 114 Å². The van der Waals surface area contributed by atoms with E-state index in [1.807, 2.05) is 4.72 Å². The van der Waals surface area contributed by atoms with E-state index in [9.17, 15) is 17.6 Å². The fourth-order valence-corrected chi connectivity index (χ4v) is 4.93. The van der Waals surface area contributed by atoms with Crippen molar-refractivity contribution in [2.45, 2.75) is 13.3 Å². The number of carbonyl (C=O) groups is 1. The molecule has 2 aromatic heterocycles. The number of ether oxygens (including phenoxy) is 1. The molecule has 0 spiro atoms. The SMILES string of the molecule is CCCS(=O)(=O)Nc1c(F)ccc(C(=O)c2[nH]nc3ncc(-c4ccc(OC)cc4Cl)cc23)c1F. The van der Waals surface area contributed by atoms with Crippen LogP contribution in [0.25, 0.3) is 22.2 Å². The van der Waals surface area contributed by atoms with Crippen molar-refractivity contribution in [1.29, 1.82) is 0 Å². The van der Waals surface area contributed by atoms with Crippen LogP contribution in [0.15, 0.2) is 42.6 Å². The number of benzene rings is 2. The van der Waals surface area contributed by atoms with Crippen LogP contribution in [-0.2, 0) is 10.0 Å². The lowest BCUT2D eigenvalue weighted by Crippen LogP contribution is -2.19. The number of nitrogens with zero attached hydrogens (tertiary/aromatic N) is 2. The molecule has 0 amide bonds. The van der Waals surface area contributed by atoms with Gasteiger partial charge in [0.1, 0.15) is 22.9 Å². The lowest BCUT2D eigenvalue weighted by atomic mass is 10.0. The largest absolute Gasteiger partial charge is 0.497 e. The van der Waals surface area contributed by atoms with Crippen LogP contribution in [-0.4, -0.2) is 42.2 Å². The van der Waals surface area contributed by atoms with Gasteiger partial charge in [0.25, 0.3) is 0 Å². The van der Waals surface area contributed by atoms with Crippen molar-refractivity contribution in [3.8, 4) is 16.9 Å². The minimum Gasteiger partial charge on any atom is -0.497 e. The molecule has 0 aliphatic heterocycles. The van der Waals surface area contributed by atoms with Crippen molar-refractivity contribution in [3.63, 3.8) is 0 Å². The number of nitrogens with one attached hydrogen (secondary N) is 2. The average Bonchev–Trinajstić information content (AvgIpc) is 3.24. The van der Waals surface area contributed by atoms with Crippen molar-refractivity contribution in [1.82, 2.24) is 15.2 Å². The quantitative estimate of drug-likeness (QED) is 0.318. The summed E-state index contributed by atoms with van der Waals surface area (Å²) in [4.78, 5) is 17.4. The summed E-state index contributed by atoms with van der Waals surface area (Å²) >= 11 is 6.35. The standard InChI is InChI=1S/C23H19ClF2N4O4S/c1-3-8-35(32,33)30-21-18(25)7-6-15(19(21)26)22(31)20-16-9-12(11-27-23(16)29-28-20)14-5-4-13(34-2)10-17(14)24/h4-7,9-11,30H,3,8H2,1-2H3,(H,27,28,29). The maximum atomic E-state index is 15.1. The second-order valence-electron chi connectivity index (χ2n) is 7.57. The number of aromatic amines is 1. The predicted molar refractivity (Wildman–Crippen MR) is 128 cm³/mol. The maximum absolute atomic E-state index is 15.1. The maximum Gasteiger partial charge on any atom is 0.232 e. The van der Waals surface area contributed by atoms with E-state index in [1.54, 1.807) is 31.2 Å². The molecule has 0 atom stereocenters. The Hall–Kier alpha value is -3.57. The molecule has 0 unspecified atom stereocenters. The van der Waals surface area contributed by atoms with E-state index in [2.05, 4.69) is 15.2 Å². The molecule has 8 nitrogen and oxygen atoms in total. The third kappa shape index (κ3) is 4.82. The number of pyridine rings is 1. The van der Waals surface area contributed by atoms with Crippen molar-refractivity contribution in [3.05, 3.63) is 70.5 Å². The number of aromatic nitrogens is 3. The molecule has 2 aromatic carbocycles. The molecular formula is C23H19ClF2N4O4S. The van der Waals surface area contributed by atoms with Crippen molar-refractivity contribution in [2.75, 3.05) is 17.6 Å². The van der Waals surface area contributed by atoms with Crippen molar-refractivity contribution < 1.29 is 26.7 Å². The Kier molecular flexibility index (Phi) is 6.73. The highest BCUT2D eigenvalue weighted by Crippen LogP contribution is 2.33. The highest BCUT2D eigenvalue weighted by atomic mass is 35.5. The third-order valence-electron chi connectivity index (χ3n) is 5.19. The van der Waals surface area contributed by atoms with Crippen LogP contribution in [0.2, 0.25) is 5.02 Å². The van der Waals surface area contributed by atoms with Crippen LogP contribution >= 0.6 is 11.6 Å². The first-order chi connectivity index (χ1) is 16.6. The molecule has 0 saturated heterocycles. The number of hydrogen-bond acceptors (Lipinski definition) is 6. The van der Waals surface area contributed by atoms with Gasteiger partial charge >= 0.3 is 0 Å². The zero-order chi connectivity index (χ0) is 25.3. The van der Waals surface area contributed by atoms with Crippen molar-refractivity contribution >= 4 is 44.1 Å². The highest BCUT2D eigenvalue weighted by molar-refractivity contribution is 7.92. The molecule has 0 aliphatic carbocycles. The fourth-order valence-electron chi connectivity index (χ4n) is 3.51. The first-order valence-corrected chi connectivity index (χ1v) is 12.4. The summed E-state index contributed by atoms with van der Waals surface area (Å²) in [6, 6.07) is 8.42. The van der Waals surface area contributed by atoms with E-state index >= 15 is 4.39 Å². The summed E-state index contributed by atoms with van der Waals surface area (Å²) in [5, 5.41) is 7.18. The highest BCUT2D eigenvalue weighted by Gasteiger charge is 2.25. The van der Waals surface area contributed by atoms with Crippen molar-refractivity contribution in [2.24, 2.45) is 0 Å². The van der Waals surface area contributed by atoms with Gasteiger partial charge < -0.3 is 4.74 Å². The summed E-state index contributed by atoms with van der Waals surface area (Å²) in [6.45, 7) is 1.61. The molecule has 12 heteroatoms. The van der Waals surface area contributed by atoms with Gasteiger partial charge in [-0.3, -0.25) is 14.6 Å². The number of hydrogen-bond donors (Lipinski definition) is 2. The number of H-pyrrole nitrogens is 1. The summed E-state index contributed by atoms with van der Waals surface area (Å²) in [6.07, 6.45) is 1.76. The van der Waals surface area contributed by atoms with E-state index in [0.717, 1.165) is 12.1 Å². The van der Waals surface area contributed by atoms with Gasteiger partial charge in [-0.25, -0.2) is 22.2 Å². The van der Waals surface area contributed by atoms with Crippen LogP contribution in [0.3, 0.4) is 0 Å². The summed E-state index contributed by atoms with van der Waals surface area (Å²) in [7, 11) is -2.49. The monoisotopic (exact) mass is 520 g/mol. The Morgan fingerprint density at radius 1 is 1.20 bits per heavy atom. The van der Waals surface area contributed by atoms with Gasteiger partial charge in [-0.05, 0) is 42.8 Å². The lowest BCUT2D eigenvalue weighted by molar-refractivity contribution is 0.103. The Balaban J connectivity index is 1.77. The van der Waals surface area contributed by atoms with E-state index in [0.29, 0.717) is 21.9 Å². The molecule has 0 fully saturated rings. The average molecular weight is 521 g/mol. The Labute approximate surface area is 204 Å². The van der Waals surface area contributed by atoms with E-state index in [-0.39, 0.29) is 28.9 Å². The van der Waals surface area contributed by atoms with Crippen LogP contribution in [0.5, 0.6) is 5.75 Å². The van der Waals surface area contributed by atoms with Gasteiger partial charge in [-0.1, -0.05) is 18.5 Å². The molecule has 0 saturated carbocycles. The van der Waals surface area contributed by atoms with Crippen LogP contribution in [0.1, 0.15) is 29.4 Å². The zero-order valence-electron chi connectivity index (χ0n) is 18.5. The number of halogens is 3. The molecule has 2 heterocycles. The summed E-state index contributed by atoms with van der Waals surface area (Å²) < 4.78 is 60.6. The minimum atomic E-state index is -4.00. The number of rotatable bonds is 8. The van der Waals surface area contributed by atoms with Gasteiger partial charge in [-0.15, -0.1) is 0 Å². The lowest BCUT2D eigenvalue weighted by Gasteiger charge is -2.11. The van der Waals surface area contributed by atoms with E-state index in [1.165, 1.54) is 13.3 Å². The zero-order valence-corrected chi connectivity index (χ0v) is 20.1. The molecule has 2 N–H and O–H groups in total. The van der Waals surface area contributed by atoms with Crippen LogP contribution < -0.4 is 9.46 Å².